The van der Waals surface area contributed by atoms with E-state index in [1.54, 1.807) is 16.2 Å². The van der Waals surface area contributed by atoms with Crippen molar-refractivity contribution < 1.29 is 4.79 Å². The average Bonchev–Trinajstić information content (AvgIpc) is 3.35. The number of carbonyl (C=O) groups excluding carboxylic acids is 1. The summed E-state index contributed by atoms with van der Waals surface area (Å²) in [5.41, 5.74) is 3.04. The van der Waals surface area contributed by atoms with Crippen LogP contribution in [-0.2, 0) is 11.8 Å². The number of aryl methyl sites for hydroxylation is 2. The van der Waals surface area contributed by atoms with Gasteiger partial charge in [0.1, 0.15) is 5.82 Å². The molecule has 1 amide bonds. The molecule has 3 aromatic rings. The van der Waals surface area contributed by atoms with Crippen LogP contribution in [0.25, 0.3) is 16.5 Å². The molecule has 1 aliphatic rings. The van der Waals surface area contributed by atoms with Crippen LogP contribution in [0.2, 0.25) is 0 Å². The summed E-state index contributed by atoms with van der Waals surface area (Å²) in [4.78, 5) is 24.0. The van der Waals surface area contributed by atoms with Crippen LogP contribution in [0.4, 0.5) is 10.9 Å². The third kappa shape index (κ3) is 2.90. The minimum Gasteiger partial charge on any atom is -0.350 e. The number of rotatable bonds is 4. The second-order valence-corrected chi connectivity index (χ2v) is 7.50. The first-order chi connectivity index (χ1) is 12.5. The van der Waals surface area contributed by atoms with Crippen molar-refractivity contribution in [1.82, 2.24) is 19.4 Å². The number of hydrogen-bond acceptors (Lipinski definition) is 5. The molecule has 26 heavy (non-hydrogen) atoms. The molecule has 0 aromatic carbocycles. The van der Waals surface area contributed by atoms with E-state index in [4.69, 9.17) is 4.98 Å². The zero-order valence-electron chi connectivity index (χ0n) is 14.7. The SMILES string of the molecule is C=CC(=O)N1CC=C(c2nc(Nc3ncc(C)s3)cc3c2ccn3C)C1. The van der Waals surface area contributed by atoms with Crippen LogP contribution >= 0.6 is 11.3 Å². The monoisotopic (exact) mass is 365 g/mol. The fourth-order valence-corrected chi connectivity index (χ4v) is 3.79. The second kappa shape index (κ2) is 6.42. The Kier molecular flexibility index (Phi) is 4.08. The molecule has 7 heteroatoms. The Morgan fingerprint density at radius 3 is 3.04 bits per heavy atom. The van der Waals surface area contributed by atoms with Crippen molar-refractivity contribution in [2.75, 3.05) is 18.4 Å². The minimum absolute atomic E-state index is 0.0619. The van der Waals surface area contributed by atoms with Crippen molar-refractivity contribution in [3.8, 4) is 0 Å². The smallest absolute Gasteiger partial charge is 0.246 e. The molecule has 1 aliphatic heterocycles. The normalized spacial score (nSPS) is 13.9. The van der Waals surface area contributed by atoms with E-state index in [-0.39, 0.29) is 5.91 Å². The van der Waals surface area contributed by atoms with Crippen LogP contribution in [0.15, 0.2) is 43.3 Å². The fourth-order valence-electron chi connectivity index (χ4n) is 3.12. The summed E-state index contributed by atoms with van der Waals surface area (Å²) in [6.07, 6.45) is 7.28. The van der Waals surface area contributed by atoms with Gasteiger partial charge in [0, 0.05) is 48.9 Å². The first-order valence-electron chi connectivity index (χ1n) is 8.31. The highest BCUT2D eigenvalue weighted by Crippen LogP contribution is 2.31. The Balaban J connectivity index is 1.74. The van der Waals surface area contributed by atoms with Crippen molar-refractivity contribution in [2.24, 2.45) is 7.05 Å². The summed E-state index contributed by atoms with van der Waals surface area (Å²) in [7, 11) is 2.01. The standard InChI is InChI=1S/C19H19N5OS/c1-4-17(25)24-8-5-13(11-24)18-14-6-7-23(3)15(14)9-16(21-18)22-19-20-10-12(2)26-19/h4-7,9-10H,1,8,11H2,2-3H3,(H,20,21,22). The summed E-state index contributed by atoms with van der Waals surface area (Å²) >= 11 is 1.59. The van der Waals surface area contributed by atoms with Gasteiger partial charge in [0.15, 0.2) is 5.13 Å². The van der Waals surface area contributed by atoms with Crippen LogP contribution in [-0.4, -0.2) is 38.4 Å². The second-order valence-electron chi connectivity index (χ2n) is 6.27. The topological polar surface area (TPSA) is 63.1 Å². The third-order valence-corrected chi connectivity index (χ3v) is 5.28. The molecule has 0 saturated heterocycles. The van der Waals surface area contributed by atoms with E-state index >= 15 is 0 Å². The van der Waals surface area contributed by atoms with Crippen LogP contribution in [0.5, 0.6) is 0 Å². The Morgan fingerprint density at radius 2 is 2.31 bits per heavy atom. The fraction of sp³-hybridized carbons (Fsp3) is 0.211. The van der Waals surface area contributed by atoms with Crippen LogP contribution in [0, 0.1) is 6.92 Å². The largest absolute Gasteiger partial charge is 0.350 e. The molecular weight excluding hydrogens is 346 g/mol. The van der Waals surface area contributed by atoms with E-state index < -0.39 is 0 Å². The molecule has 4 rings (SSSR count). The van der Waals surface area contributed by atoms with Gasteiger partial charge >= 0.3 is 0 Å². The van der Waals surface area contributed by atoms with Gasteiger partial charge in [0.2, 0.25) is 5.91 Å². The van der Waals surface area contributed by atoms with E-state index in [9.17, 15) is 4.79 Å². The summed E-state index contributed by atoms with van der Waals surface area (Å²) < 4.78 is 2.07. The lowest BCUT2D eigenvalue weighted by Crippen LogP contribution is -2.26. The first kappa shape index (κ1) is 16.5. The van der Waals surface area contributed by atoms with E-state index in [0.717, 1.165) is 38.0 Å². The molecule has 6 nitrogen and oxygen atoms in total. The quantitative estimate of drug-likeness (QED) is 0.719. The van der Waals surface area contributed by atoms with Crippen molar-refractivity contribution in [3.63, 3.8) is 0 Å². The predicted octanol–water partition coefficient (Wildman–Crippen LogP) is 3.49. The lowest BCUT2D eigenvalue weighted by molar-refractivity contribution is -0.124. The summed E-state index contributed by atoms with van der Waals surface area (Å²) in [6.45, 7) is 6.72. The van der Waals surface area contributed by atoms with Gasteiger partial charge in [-0.1, -0.05) is 12.7 Å². The number of hydrogen-bond donors (Lipinski definition) is 1. The Bertz CT molecular complexity index is 1050. The molecule has 0 fully saturated rings. The Labute approximate surface area is 155 Å². The van der Waals surface area contributed by atoms with E-state index in [2.05, 4.69) is 33.6 Å². The van der Waals surface area contributed by atoms with E-state index in [0.29, 0.717) is 13.1 Å². The van der Waals surface area contributed by atoms with Gasteiger partial charge in [-0.25, -0.2) is 9.97 Å². The third-order valence-electron chi connectivity index (χ3n) is 4.45. The van der Waals surface area contributed by atoms with Gasteiger partial charge < -0.3 is 14.8 Å². The van der Waals surface area contributed by atoms with Gasteiger partial charge in [-0.15, -0.1) is 11.3 Å². The highest BCUT2D eigenvalue weighted by atomic mass is 32.1. The lowest BCUT2D eigenvalue weighted by Gasteiger charge is -2.14. The van der Waals surface area contributed by atoms with E-state index in [1.165, 1.54) is 6.08 Å². The van der Waals surface area contributed by atoms with Crippen molar-refractivity contribution in [3.05, 3.63) is 53.8 Å². The van der Waals surface area contributed by atoms with Crippen molar-refractivity contribution in [2.45, 2.75) is 6.92 Å². The molecule has 3 aromatic heterocycles. The van der Waals surface area contributed by atoms with E-state index in [1.807, 2.05) is 32.4 Å². The average molecular weight is 365 g/mol. The molecule has 0 radical (unpaired) electrons. The molecule has 0 aliphatic carbocycles. The number of anilines is 2. The summed E-state index contributed by atoms with van der Waals surface area (Å²) in [5, 5.41) is 5.20. The molecule has 0 saturated carbocycles. The number of nitrogens with one attached hydrogen (secondary N) is 1. The minimum atomic E-state index is -0.0619. The van der Waals surface area contributed by atoms with Crippen LogP contribution < -0.4 is 5.32 Å². The van der Waals surface area contributed by atoms with Gasteiger partial charge in [0.05, 0.1) is 11.2 Å². The van der Waals surface area contributed by atoms with Gasteiger partial charge in [-0.2, -0.15) is 0 Å². The number of thiazole rings is 1. The summed E-state index contributed by atoms with van der Waals surface area (Å²) in [5.74, 6) is 0.686. The Hall–Kier alpha value is -2.93. The Morgan fingerprint density at radius 1 is 1.46 bits per heavy atom. The maximum Gasteiger partial charge on any atom is 0.246 e. The molecule has 0 spiro atoms. The molecule has 1 N–H and O–H groups in total. The van der Waals surface area contributed by atoms with Gasteiger partial charge in [0.25, 0.3) is 0 Å². The number of pyridine rings is 1. The van der Waals surface area contributed by atoms with Crippen LogP contribution in [0.3, 0.4) is 0 Å². The maximum atomic E-state index is 11.9. The zero-order chi connectivity index (χ0) is 18.3. The van der Waals surface area contributed by atoms with Crippen molar-refractivity contribution in [1.29, 1.82) is 0 Å². The number of carbonyl (C=O) groups is 1. The lowest BCUT2D eigenvalue weighted by atomic mass is 10.1. The summed E-state index contributed by atoms with van der Waals surface area (Å²) in [6, 6.07) is 4.09. The predicted molar refractivity (Wildman–Crippen MR) is 106 cm³/mol. The zero-order valence-corrected chi connectivity index (χ0v) is 15.5. The molecule has 0 unspecified atom stereocenters. The molecule has 4 heterocycles. The first-order valence-corrected chi connectivity index (χ1v) is 9.13. The van der Waals surface area contributed by atoms with Gasteiger partial charge in [-0.05, 0) is 24.6 Å². The van der Waals surface area contributed by atoms with Gasteiger partial charge in [-0.3, -0.25) is 4.79 Å². The number of fused-ring (bicyclic) bond motifs is 1. The highest BCUT2D eigenvalue weighted by molar-refractivity contribution is 7.15. The number of aromatic nitrogens is 3. The molecule has 0 atom stereocenters. The molecular formula is C19H19N5OS. The maximum absolute atomic E-state index is 11.9. The number of amides is 1. The highest BCUT2D eigenvalue weighted by Gasteiger charge is 2.22. The molecule has 132 valence electrons. The van der Waals surface area contributed by atoms with Crippen LogP contribution in [0.1, 0.15) is 10.6 Å². The number of nitrogens with zero attached hydrogens (tertiary/aromatic N) is 4. The molecule has 0 bridgehead atoms. The van der Waals surface area contributed by atoms with Crippen molar-refractivity contribution >= 4 is 44.7 Å².